The van der Waals surface area contributed by atoms with Gasteiger partial charge in [-0.1, -0.05) is 29.8 Å². The number of benzene rings is 2. The molecule has 0 saturated carbocycles. The zero-order valence-corrected chi connectivity index (χ0v) is 15.4. The highest BCUT2D eigenvalue weighted by molar-refractivity contribution is 7.98. The van der Waals surface area contributed by atoms with Crippen LogP contribution in [0.15, 0.2) is 47.4 Å². The van der Waals surface area contributed by atoms with Gasteiger partial charge in [-0.2, -0.15) is 0 Å². The van der Waals surface area contributed by atoms with Crippen molar-refractivity contribution in [1.82, 2.24) is 5.32 Å². The molecule has 0 unspecified atom stereocenters. The van der Waals surface area contributed by atoms with E-state index < -0.39 is 11.9 Å². The molecular weight excluding hydrogens is 362 g/mol. The highest BCUT2D eigenvalue weighted by Crippen LogP contribution is 2.25. The summed E-state index contributed by atoms with van der Waals surface area (Å²) in [5, 5.41) is 3.23. The van der Waals surface area contributed by atoms with Crippen molar-refractivity contribution >= 4 is 35.2 Å². The van der Waals surface area contributed by atoms with Gasteiger partial charge in [-0.05, 0) is 36.1 Å². The zero-order valence-electron chi connectivity index (χ0n) is 13.9. The molecule has 0 fully saturated rings. The number of rotatable bonds is 7. The number of halogens is 1. The van der Waals surface area contributed by atoms with Crippen LogP contribution in [0.25, 0.3) is 0 Å². The Kier molecular flexibility index (Phi) is 7.16. The average Bonchev–Trinajstić information content (AvgIpc) is 2.64. The molecule has 0 radical (unpaired) electrons. The van der Waals surface area contributed by atoms with Crippen LogP contribution in [0.3, 0.4) is 0 Å². The van der Waals surface area contributed by atoms with Crippen molar-refractivity contribution in [2.45, 2.75) is 11.4 Å². The maximum Gasteiger partial charge on any atom is 0.342 e. The first kappa shape index (κ1) is 19.1. The first-order valence-corrected chi connectivity index (χ1v) is 9.04. The second-order valence-corrected chi connectivity index (χ2v) is 6.30. The zero-order chi connectivity index (χ0) is 18.2. The van der Waals surface area contributed by atoms with E-state index in [1.807, 2.05) is 24.5 Å². The van der Waals surface area contributed by atoms with Gasteiger partial charge in [0.15, 0.2) is 6.61 Å². The summed E-state index contributed by atoms with van der Waals surface area (Å²) in [6.45, 7) is -0.113. The van der Waals surface area contributed by atoms with Gasteiger partial charge in [0.25, 0.3) is 5.91 Å². The molecule has 0 aliphatic heterocycles. The fourth-order valence-corrected chi connectivity index (χ4v) is 2.69. The maximum atomic E-state index is 12.1. The number of thioether (sulfide) groups is 1. The number of methoxy groups -OCH3 is 1. The molecule has 1 amide bonds. The van der Waals surface area contributed by atoms with E-state index in [-0.39, 0.29) is 18.7 Å². The van der Waals surface area contributed by atoms with Gasteiger partial charge in [-0.25, -0.2) is 4.79 Å². The van der Waals surface area contributed by atoms with Gasteiger partial charge in [0.05, 0.1) is 7.11 Å². The highest BCUT2D eigenvalue weighted by Gasteiger charge is 2.16. The fraction of sp³-hybridized carbons (Fsp3) is 0.222. The lowest BCUT2D eigenvalue weighted by atomic mass is 10.2. The van der Waals surface area contributed by atoms with E-state index in [0.717, 1.165) is 10.5 Å². The lowest BCUT2D eigenvalue weighted by molar-refractivity contribution is -0.124. The van der Waals surface area contributed by atoms with Crippen molar-refractivity contribution in [1.29, 1.82) is 0 Å². The van der Waals surface area contributed by atoms with Gasteiger partial charge < -0.3 is 14.8 Å². The average molecular weight is 380 g/mol. The maximum absolute atomic E-state index is 12.1. The molecule has 1 N–H and O–H groups in total. The summed E-state index contributed by atoms with van der Waals surface area (Å²) in [5.41, 5.74) is 1.07. The molecule has 132 valence electrons. The summed E-state index contributed by atoms with van der Waals surface area (Å²) in [5.74, 6) is -0.612. The number of hydrogen-bond acceptors (Lipinski definition) is 5. The molecule has 2 rings (SSSR count). The number of amides is 1. The van der Waals surface area contributed by atoms with Crippen molar-refractivity contribution in [2.24, 2.45) is 0 Å². The number of carbonyl (C=O) groups excluding carboxylic acids is 2. The quantitative estimate of drug-likeness (QED) is 0.588. The summed E-state index contributed by atoms with van der Waals surface area (Å²) in [4.78, 5) is 25.0. The Hall–Kier alpha value is -2.18. The van der Waals surface area contributed by atoms with Crippen molar-refractivity contribution in [2.75, 3.05) is 20.0 Å². The smallest absolute Gasteiger partial charge is 0.342 e. The predicted octanol–water partition coefficient (Wildman–Crippen LogP) is 3.54. The van der Waals surface area contributed by atoms with Crippen LogP contribution in [-0.4, -0.2) is 31.8 Å². The summed E-state index contributed by atoms with van der Waals surface area (Å²) in [7, 11) is 1.48. The number of nitrogens with one attached hydrogen (secondary N) is 1. The highest BCUT2D eigenvalue weighted by atomic mass is 35.5. The Morgan fingerprint density at radius 3 is 2.64 bits per heavy atom. The van der Waals surface area contributed by atoms with E-state index in [1.165, 1.54) is 18.9 Å². The van der Waals surface area contributed by atoms with E-state index in [4.69, 9.17) is 21.1 Å². The SMILES string of the molecule is COc1cc(SC)ccc1C(=O)OCC(=O)NCc1ccccc1Cl. The Bertz CT molecular complexity index is 766. The van der Waals surface area contributed by atoms with Crippen LogP contribution in [0, 0.1) is 0 Å². The molecule has 2 aromatic rings. The van der Waals surface area contributed by atoms with Gasteiger partial charge in [0, 0.05) is 16.5 Å². The van der Waals surface area contributed by atoms with Gasteiger partial charge in [0.1, 0.15) is 11.3 Å². The molecule has 0 saturated heterocycles. The molecule has 0 bridgehead atoms. The lowest BCUT2D eigenvalue weighted by Crippen LogP contribution is -2.28. The Labute approximate surface area is 155 Å². The number of carbonyl (C=O) groups is 2. The van der Waals surface area contributed by atoms with Crippen LogP contribution in [0.1, 0.15) is 15.9 Å². The minimum Gasteiger partial charge on any atom is -0.496 e. The summed E-state index contributed by atoms with van der Waals surface area (Å²) < 4.78 is 10.3. The van der Waals surface area contributed by atoms with Gasteiger partial charge in [0.2, 0.25) is 0 Å². The summed E-state index contributed by atoms with van der Waals surface area (Å²) in [6, 6.07) is 12.4. The van der Waals surface area contributed by atoms with E-state index in [9.17, 15) is 9.59 Å². The third-order valence-electron chi connectivity index (χ3n) is 3.40. The molecule has 0 spiro atoms. The molecule has 0 aliphatic rings. The van der Waals surface area contributed by atoms with Crippen LogP contribution in [0.5, 0.6) is 5.75 Å². The van der Waals surface area contributed by atoms with E-state index in [0.29, 0.717) is 10.8 Å². The van der Waals surface area contributed by atoms with Crippen molar-refractivity contribution in [3.05, 3.63) is 58.6 Å². The minimum absolute atomic E-state index is 0.266. The first-order valence-electron chi connectivity index (χ1n) is 7.44. The van der Waals surface area contributed by atoms with E-state index in [2.05, 4.69) is 5.32 Å². The molecule has 5 nitrogen and oxygen atoms in total. The van der Waals surface area contributed by atoms with Gasteiger partial charge >= 0.3 is 5.97 Å². The number of esters is 1. The summed E-state index contributed by atoms with van der Waals surface area (Å²) >= 11 is 7.56. The van der Waals surface area contributed by atoms with Gasteiger partial charge in [-0.15, -0.1) is 11.8 Å². The molecule has 0 aliphatic carbocycles. The minimum atomic E-state index is -0.614. The van der Waals surface area contributed by atoms with Crippen LogP contribution < -0.4 is 10.1 Å². The molecule has 0 atom stereocenters. The Balaban J connectivity index is 1.89. The van der Waals surface area contributed by atoms with Crippen molar-refractivity contribution in [3.63, 3.8) is 0 Å². The monoisotopic (exact) mass is 379 g/mol. The lowest BCUT2D eigenvalue weighted by Gasteiger charge is -2.10. The number of hydrogen-bond donors (Lipinski definition) is 1. The Morgan fingerprint density at radius 1 is 1.20 bits per heavy atom. The summed E-state index contributed by atoms with van der Waals surface area (Å²) in [6.07, 6.45) is 1.93. The largest absolute Gasteiger partial charge is 0.496 e. The predicted molar refractivity (Wildman–Crippen MR) is 98.4 cm³/mol. The van der Waals surface area contributed by atoms with Crippen LogP contribution in [0.2, 0.25) is 5.02 Å². The van der Waals surface area contributed by atoms with E-state index in [1.54, 1.807) is 24.3 Å². The van der Waals surface area contributed by atoms with Crippen molar-refractivity contribution < 1.29 is 19.1 Å². The van der Waals surface area contributed by atoms with E-state index >= 15 is 0 Å². The van der Waals surface area contributed by atoms with Gasteiger partial charge in [-0.3, -0.25) is 4.79 Å². The van der Waals surface area contributed by atoms with Crippen molar-refractivity contribution in [3.8, 4) is 5.75 Å². The van der Waals surface area contributed by atoms with Crippen LogP contribution in [-0.2, 0) is 16.1 Å². The normalized spacial score (nSPS) is 10.2. The molecular formula is C18H18ClNO4S. The van der Waals surface area contributed by atoms with Crippen LogP contribution >= 0.6 is 23.4 Å². The molecule has 0 aromatic heterocycles. The second kappa shape index (κ2) is 9.34. The van der Waals surface area contributed by atoms with Crippen LogP contribution in [0.4, 0.5) is 0 Å². The Morgan fingerprint density at radius 2 is 1.96 bits per heavy atom. The molecule has 25 heavy (non-hydrogen) atoms. The number of ether oxygens (including phenoxy) is 2. The molecule has 7 heteroatoms. The standard InChI is InChI=1S/C18H18ClNO4S/c1-23-16-9-13(25-2)7-8-14(16)18(22)24-11-17(21)20-10-12-5-3-4-6-15(12)19/h3-9H,10-11H2,1-2H3,(H,20,21). The second-order valence-electron chi connectivity index (χ2n) is 5.01. The third-order valence-corrected chi connectivity index (χ3v) is 4.49. The third kappa shape index (κ3) is 5.41. The topological polar surface area (TPSA) is 64.6 Å². The fourth-order valence-electron chi connectivity index (χ4n) is 2.06. The molecule has 2 aromatic carbocycles. The first-order chi connectivity index (χ1) is 12.0. The molecule has 0 heterocycles.